The lowest BCUT2D eigenvalue weighted by molar-refractivity contribution is 0.102. The molecule has 0 bridgehead atoms. The first-order valence-corrected chi connectivity index (χ1v) is 9.00. The highest BCUT2D eigenvalue weighted by atomic mass is 16.5. The first kappa shape index (κ1) is 19.9. The predicted octanol–water partition coefficient (Wildman–Crippen LogP) is 3.89. The number of hydrogen-bond donors (Lipinski definition) is 2. The Balaban J connectivity index is 1.68. The van der Waals surface area contributed by atoms with Gasteiger partial charge in [0.05, 0.1) is 20.8 Å². The molecular weight excluding hydrogens is 372 g/mol. The standard InChI is InChI=1S/C21H22N4O4/c1-4-29-15-10-8-14(9-11-15)22-18-12-13-19(25-24-18)23-21(26)20-16(27-2)6-5-7-17(20)28-3/h5-13H,4H2,1-3H3,(H,22,24)(H,23,25,26). The van der Waals surface area contributed by atoms with Crippen molar-refractivity contribution in [3.05, 3.63) is 60.2 Å². The van der Waals surface area contributed by atoms with Crippen molar-refractivity contribution in [2.45, 2.75) is 6.92 Å². The van der Waals surface area contributed by atoms with Crippen LogP contribution in [0.25, 0.3) is 0 Å². The van der Waals surface area contributed by atoms with Crippen LogP contribution in [0.15, 0.2) is 54.6 Å². The lowest BCUT2D eigenvalue weighted by Crippen LogP contribution is -2.15. The number of nitrogens with one attached hydrogen (secondary N) is 2. The third-order valence-electron chi connectivity index (χ3n) is 4.00. The summed E-state index contributed by atoms with van der Waals surface area (Å²) in [5.74, 6) is 2.06. The molecule has 3 aromatic rings. The molecule has 2 aromatic carbocycles. The SMILES string of the molecule is CCOc1ccc(Nc2ccc(NC(=O)c3c(OC)cccc3OC)nn2)cc1. The van der Waals surface area contributed by atoms with Crippen LogP contribution in [0.5, 0.6) is 17.2 Å². The van der Waals surface area contributed by atoms with Gasteiger partial charge < -0.3 is 24.8 Å². The maximum atomic E-state index is 12.7. The fourth-order valence-electron chi connectivity index (χ4n) is 2.67. The minimum atomic E-state index is -0.402. The first-order chi connectivity index (χ1) is 14.1. The van der Waals surface area contributed by atoms with E-state index in [2.05, 4.69) is 20.8 Å². The van der Waals surface area contributed by atoms with E-state index >= 15 is 0 Å². The van der Waals surface area contributed by atoms with E-state index in [9.17, 15) is 4.79 Å². The van der Waals surface area contributed by atoms with E-state index in [1.807, 2.05) is 31.2 Å². The van der Waals surface area contributed by atoms with Gasteiger partial charge in [0.1, 0.15) is 22.8 Å². The monoisotopic (exact) mass is 394 g/mol. The molecule has 29 heavy (non-hydrogen) atoms. The first-order valence-electron chi connectivity index (χ1n) is 9.00. The largest absolute Gasteiger partial charge is 0.496 e. The van der Waals surface area contributed by atoms with Crippen LogP contribution in [-0.2, 0) is 0 Å². The average Bonchev–Trinajstić information content (AvgIpc) is 2.76. The summed E-state index contributed by atoms with van der Waals surface area (Å²) >= 11 is 0. The van der Waals surface area contributed by atoms with Crippen molar-refractivity contribution in [3.63, 3.8) is 0 Å². The summed E-state index contributed by atoms with van der Waals surface area (Å²) in [4.78, 5) is 12.7. The summed E-state index contributed by atoms with van der Waals surface area (Å²) in [5.41, 5.74) is 1.13. The second-order valence-corrected chi connectivity index (χ2v) is 5.88. The van der Waals surface area contributed by atoms with Crippen LogP contribution >= 0.6 is 0 Å². The van der Waals surface area contributed by atoms with Crippen molar-refractivity contribution >= 4 is 23.2 Å². The van der Waals surface area contributed by atoms with Gasteiger partial charge in [-0.2, -0.15) is 0 Å². The van der Waals surface area contributed by atoms with Crippen LogP contribution in [0.4, 0.5) is 17.3 Å². The number of aromatic nitrogens is 2. The van der Waals surface area contributed by atoms with Crippen LogP contribution in [-0.4, -0.2) is 36.9 Å². The van der Waals surface area contributed by atoms with E-state index in [1.54, 1.807) is 30.3 Å². The second-order valence-electron chi connectivity index (χ2n) is 5.88. The Kier molecular flexibility index (Phi) is 6.47. The number of hydrogen-bond acceptors (Lipinski definition) is 7. The normalized spacial score (nSPS) is 10.2. The summed E-state index contributed by atoms with van der Waals surface area (Å²) < 4.78 is 15.9. The van der Waals surface area contributed by atoms with E-state index in [0.717, 1.165) is 11.4 Å². The number of rotatable bonds is 8. The molecule has 8 nitrogen and oxygen atoms in total. The van der Waals surface area contributed by atoms with Crippen molar-refractivity contribution in [3.8, 4) is 17.2 Å². The van der Waals surface area contributed by atoms with Gasteiger partial charge in [0.15, 0.2) is 11.6 Å². The highest BCUT2D eigenvalue weighted by Gasteiger charge is 2.18. The van der Waals surface area contributed by atoms with Crippen molar-refractivity contribution in [1.29, 1.82) is 0 Å². The van der Waals surface area contributed by atoms with Gasteiger partial charge in [-0.1, -0.05) is 6.07 Å². The molecule has 8 heteroatoms. The zero-order valence-electron chi connectivity index (χ0n) is 16.4. The number of carbonyl (C=O) groups is 1. The van der Waals surface area contributed by atoms with Crippen LogP contribution in [0.3, 0.4) is 0 Å². The molecule has 0 saturated carbocycles. The number of ether oxygens (including phenoxy) is 3. The maximum absolute atomic E-state index is 12.7. The van der Waals surface area contributed by atoms with Crippen LogP contribution in [0, 0.1) is 0 Å². The fourth-order valence-corrected chi connectivity index (χ4v) is 2.67. The summed E-state index contributed by atoms with van der Waals surface area (Å²) in [5, 5.41) is 14.0. The Labute approximate surface area is 168 Å². The van der Waals surface area contributed by atoms with Crippen LogP contribution < -0.4 is 24.8 Å². The lowest BCUT2D eigenvalue weighted by Gasteiger charge is -2.12. The molecule has 3 rings (SSSR count). The lowest BCUT2D eigenvalue weighted by atomic mass is 10.1. The number of methoxy groups -OCH3 is 2. The molecule has 0 spiro atoms. The Morgan fingerprint density at radius 1 is 0.897 bits per heavy atom. The van der Waals surface area contributed by atoms with Crippen molar-refractivity contribution in [1.82, 2.24) is 10.2 Å². The summed E-state index contributed by atoms with van der Waals surface area (Å²) in [6.07, 6.45) is 0. The third kappa shape index (κ3) is 4.92. The predicted molar refractivity (Wildman–Crippen MR) is 110 cm³/mol. The zero-order chi connectivity index (χ0) is 20.6. The third-order valence-corrected chi connectivity index (χ3v) is 4.00. The van der Waals surface area contributed by atoms with E-state index in [4.69, 9.17) is 14.2 Å². The van der Waals surface area contributed by atoms with Crippen molar-refractivity contribution in [2.24, 2.45) is 0 Å². The zero-order valence-corrected chi connectivity index (χ0v) is 16.4. The average molecular weight is 394 g/mol. The van der Waals surface area contributed by atoms with Gasteiger partial charge in [-0.25, -0.2) is 0 Å². The van der Waals surface area contributed by atoms with Crippen molar-refractivity contribution in [2.75, 3.05) is 31.5 Å². The smallest absolute Gasteiger partial charge is 0.264 e. The molecule has 0 aliphatic heterocycles. The van der Waals surface area contributed by atoms with Crippen LogP contribution in [0.1, 0.15) is 17.3 Å². The molecule has 1 aromatic heterocycles. The quantitative estimate of drug-likeness (QED) is 0.598. The molecule has 1 heterocycles. The maximum Gasteiger partial charge on any atom is 0.264 e. The molecule has 0 aliphatic carbocycles. The Morgan fingerprint density at radius 3 is 2.07 bits per heavy atom. The number of anilines is 3. The summed E-state index contributed by atoms with van der Waals surface area (Å²) in [6, 6.07) is 16.0. The molecule has 150 valence electrons. The van der Waals surface area contributed by atoms with Gasteiger partial charge in [-0.15, -0.1) is 10.2 Å². The molecule has 0 fully saturated rings. The number of carbonyl (C=O) groups excluding carboxylic acids is 1. The Hall–Kier alpha value is -3.81. The molecule has 0 unspecified atom stereocenters. The van der Waals surface area contributed by atoms with Gasteiger partial charge in [0.25, 0.3) is 5.91 Å². The molecule has 0 radical (unpaired) electrons. The Morgan fingerprint density at radius 2 is 1.52 bits per heavy atom. The summed E-state index contributed by atoms with van der Waals surface area (Å²) in [7, 11) is 2.99. The minimum Gasteiger partial charge on any atom is -0.496 e. The Bertz CT molecular complexity index is 937. The number of benzene rings is 2. The molecule has 0 saturated heterocycles. The highest BCUT2D eigenvalue weighted by molar-refractivity contribution is 6.07. The molecule has 0 aliphatic rings. The number of amides is 1. The van der Waals surface area contributed by atoms with Gasteiger partial charge >= 0.3 is 0 Å². The van der Waals surface area contributed by atoms with E-state index in [-0.39, 0.29) is 5.56 Å². The van der Waals surface area contributed by atoms with Gasteiger partial charge in [-0.3, -0.25) is 4.79 Å². The van der Waals surface area contributed by atoms with Gasteiger partial charge in [0, 0.05) is 5.69 Å². The second kappa shape index (κ2) is 9.41. The molecule has 0 atom stereocenters. The van der Waals surface area contributed by atoms with Crippen molar-refractivity contribution < 1.29 is 19.0 Å². The topological polar surface area (TPSA) is 94.6 Å². The molecular formula is C21H22N4O4. The van der Waals surface area contributed by atoms with Gasteiger partial charge in [0.2, 0.25) is 0 Å². The number of nitrogens with zero attached hydrogens (tertiary/aromatic N) is 2. The van der Waals surface area contributed by atoms with Gasteiger partial charge in [-0.05, 0) is 55.5 Å². The highest BCUT2D eigenvalue weighted by Crippen LogP contribution is 2.29. The van der Waals surface area contributed by atoms with E-state index in [1.165, 1.54) is 14.2 Å². The van der Waals surface area contributed by atoms with Crippen LogP contribution in [0.2, 0.25) is 0 Å². The van der Waals surface area contributed by atoms with E-state index < -0.39 is 5.91 Å². The van der Waals surface area contributed by atoms with E-state index in [0.29, 0.717) is 29.7 Å². The minimum absolute atomic E-state index is 0.288. The molecule has 1 amide bonds. The summed E-state index contributed by atoms with van der Waals surface area (Å²) in [6.45, 7) is 2.55. The fraction of sp³-hybridized carbons (Fsp3) is 0.190. The molecule has 2 N–H and O–H groups in total.